The summed E-state index contributed by atoms with van der Waals surface area (Å²) in [7, 11) is 0. The molecule has 1 amide bonds. The summed E-state index contributed by atoms with van der Waals surface area (Å²) in [6, 6.07) is 5.37. The van der Waals surface area contributed by atoms with Crippen LogP contribution in [0.5, 0.6) is 0 Å². The van der Waals surface area contributed by atoms with E-state index >= 15 is 0 Å². The van der Waals surface area contributed by atoms with Gasteiger partial charge < -0.3 is 11.1 Å². The molecule has 0 saturated heterocycles. The molecular formula is C12H16ClIN2O. The van der Waals surface area contributed by atoms with Crippen molar-refractivity contribution in [2.24, 2.45) is 11.7 Å². The van der Waals surface area contributed by atoms with E-state index in [4.69, 9.17) is 17.3 Å². The van der Waals surface area contributed by atoms with Gasteiger partial charge in [0.05, 0.1) is 10.7 Å². The number of anilines is 1. The van der Waals surface area contributed by atoms with Crippen LogP contribution in [0.3, 0.4) is 0 Å². The monoisotopic (exact) mass is 366 g/mol. The fourth-order valence-electron chi connectivity index (χ4n) is 1.24. The summed E-state index contributed by atoms with van der Waals surface area (Å²) in [5.74, 6) is 0.183. The molecular weight excluding hydrogens is 351 g/mol. The molecule has 1 unspecified atom stereocenters. The van der Waals surface area contributed by atoms with Gasteiger partial charge in [-0.05, 0) is 46.7 Å². The van der Waals surface area contributed by atoms with Gasteiger partial charge in [0, 0.05) is 16.0 Å². The van der Waals surface area contributed by atoms with Crippen LogP contribution >= 0.6 is 34.2 Å². The van der Waals surface area contributed by atoms with Crippen molar-refractivity contribution in [2.75, 3.05) is 5.32 Å². The molecule has 1 atom stereocenters. The van der Waals surface area contributed by atoms with Crippen LogP contribution in [0.4, 0.5) is 5.69 Å². The number of carbonyl (C=O) groups is 1. The fourth-order valence-corrected chi connectivity index (χ4v) is 2.14. The summed E-state index contributed by atoms with van der Waals surface area (Å²) in [6.07, 6.45) is 0.306. The van der Waals surface area contributed by atoms with E-state index in [-0.39, 0.29) is 17.9 Å². The molecule has 0 heterocycles. The van der Waals surface area contributed by atoms with E-state index in [1.54, 1.807) is 12.1 Å². The van der Waals surface area contributed by atoms with Gasteiger partial charge in [-0.15, -0.1) is 0 Å². The van der Waals surface area contributed by atoms with Gasteiger partial charge in [0.15, 0.2) is 0 Å². The number of hydrogen-bond donors (Lipinski definition) is 2. The molecule has 3 N–H and O–H groups in total. The van der Waals surface area contributed by atoms with Crippen molar-refractivity contribution in [3.8, 4) is 0 Å². The third-order valence-electron chi connectivity index (χ3n) is 2.48. The molecule has 0 radical (unpaired) electrons. The SMILES string of the molecule is CC(C)C(N)CC(=O)Nc1ccc(I)cc1Cl. The molecule has 0 aliphatic rings. The first-order valence-corrected chi connectivity index (χ1v) is 6.86. The van der Waals surface area contributed by atoms with Crippen molar-refractivity contribution < 1.29 is 4.79 Å². The Hall–Kier alpha value is -0.330. The minimum Gasteiger partial charge on any atom is -0.327 e. The zero-order valence-corrected chi connectivity index (χ0v) is 12.7. The number of amides is 1. The van der Waals surface area contributed by atoms with Gasteiger partial charge in [-0.25, -0.2) is 0 Å². The van der Waals surface area contributed by atoms with Gasteiger partial charge in [-0.3, -0.25) is 4.79 Å². The third-order valence-corrected chi connectivity index (χ3v) is 3.47. The van der Waals surface area contributed by atoms with Crippen molar-refractivity contribution in [3.63, 3.8) is 0 Å². The Labute approximate surface area is 120 Å². The van der Waals surface area contributed by atoms with Gasteiger partial charge in [0.25, 0.3) is 0 Å². The van der Waals surface area contributed by atoms with Crippen LogP contribution in [0.1, 0.15) is 20.3 Å². The minimum atomic E-state index is -0.127. The first-order valence-electron chi connectivity index (χ1n) is 5.40. The lowest BCUT2D eigenvalue weighted by Gasteiger charge is -2.15. The summed E-state index contributed by atoms with van der Waals surface area (Å²) in [6.45, 7) is 3.99. The number of rotatable bonds is 4. The predicted molar refractivity (Wildman–Crippen MR) is 80.2 cm³/mol. The first kappa shape index (κ1) is 14.7. The highest BCUT2D eigenvalue weighted by Gasteiger charge is 2.13. The second-order valence-corrected chi connectivity index (χ2v) is 5.94. The molecule has 1 rings (SSSR count). The number of nitrogens with two attached hydrogens (primary N) is 1. The van der Waals surface area contributed by atoms with Crippen LogP contribution in [-0.4, -0.2) is 11.9 Å². The van der Waals surface area contributed by atoms with Crippen LogP contribution in [-0.2, 0) is 4.79 Å². The normalized spacial score (nSPS) is 12.6. The standard InChI is InChI=1S/C12H16ClIN2O/c1-7(2)10(15)6-12(17)16-11-4-3-8(14)5-9(11)13/h3-5,7,10H,6,15H2,1-2H3,(H,16,17). The largest absolute Gasteiger partial charge is 0.327 e. The van der Waals surface area contributed by atoms with E-state index in [0.717, 1.165) is 3.57 Å². The van der Waals surface area contributed by atoms with E-state index in [1.807, 2.05) is 19.9 Å². The lowest BCUT2D eigenvalue weighted by Crippen LogP contribution is -2.31. The number of hydrogen-bond acceptors (Lipinski definition) is 2. The molecule has 0 aliphatic carbocycles. The van der Waals surface area contributed by atoms with Gasteiger partial charge in [0.2, 0.25) is 5.91 Å². The minimum absolute atomic E-state index is 0.102. The molecule has 5 heteroatoms. The molecule has 0 fully saturated rings. The lowest BCUT2D eigenvalue weighted by molar-refractivity contribution is -0.116. The Morgan fingerprint density at radius 1 is 1.53 bits per heavy atom. The Morgan fingerprint density at radius 2 is 2.18 bits per heavy atom. The number of benzene rings is 1. The van der Waals surface area contributed by atoms with Crippen LogP contribution < -0.4 is 11.1 Å². The number of carbonyl (C=O) groups excluding carboxylic acids is 1. The summed E-state index contributed by atoms with van der Waals surface area (Å²) in [5.41, 5.74) is 6.47. The molecule has 0 spiro atoms. The Kier molecular flexibility index (Phi) is 5.69. The zero-order valence-electron chi connectivity index (χ0n) is 9.84. The maximum Gasteiger partial charge on any atom is 0.225 e. The van der Waals surface area contributed by atoms with E-state index in [0.29, 0.717) is 17.1 Å². The summed E-state index contributed by atoms with van der Waals surface area (Å²) >= 11 is 8.19. The highest BCUT2D eigenvalue weighted by molar-refractivity contribution is 14.1. The van der Waals surface area contributed by atoms with E-state index in [2.05, 4.69) is 27.9 Å². The quantitative estimate of drug-likeness (QED) is 0.804. The molecule has 1 aromatic carbocycles. The Bertz CT molecular complexity index is 409. The van der Waals surface area contributed by atoms with E-state index < -0.39 is 0 Å². The number of halogens is 2. The van der Waals surface area contributed by atoms with Crippen molar-refractivity contribution >= 4 is 45.8 Å². The van der Waals surface area contributed by atoms with Crippen molar-refractivity contribution in [1.29, 1.82) is 0 Å². The highest BCUT2D eigenvalue weighted by atomic mass is 127. The zero-order chi connectivity index (χ0) is 13.0. The summed E-state index contributed by atoms with van der Waals surface area (Å²) in [5, 5.41) is 3.31. The van der Waals surface area contributed by atoms with Gasteiger partial charge in [0.1, 0.15) is 0 Å². The average molecular weight is 367 g/mol. The topological polar surface area (TPSA) is 55.1 Å². The average Bonchev–Trinajstić information content (AvgIpc) is 2.22. The van der Waals surface area contributed by atoms with Crippen molar-refractivity contribution in [3.05, 3.63) is 26.8 Å². The van der Waals surface area contributed by atoms with E-state index in [1.165, 1.54) is 0 Å². The summed E-state index contributed by atoms with van der Waals surface area (Å²) < 4.78 is 1.03. The number of nitrogens with one attached hydrogen (secondary N) is 1. The van der Waals surface area contributed by atoms with Crippen LogP contribution in [0.15, 0.2) is 18.2 Å². The molecule has 0 bridgehead atoms. The van der Waals surface area contributed by atoms with Gasteiger partial charge in [-0.1, -0.05) is 25.4 Å². The molecule has 1 aromatic rings. The third kappa shape index (κ3) is 4.81. The van der Waals surface area contributed by atoms with Gasteiger partial charge >= 0.3 is 0 Å². The fraction of sp³-hybridized carbons (Fsp3) is 0.417. The molecule has 94 valence electrons. The van der Waals surface area contributed by atoms with Crippen LogP contribution in [0, 0.1) is 9.49 Å². The predicted octanol–water partition coefficient (Wildman–Crippen LogP) is 3.26. The molecule has 0 aromatic heterocycles. The van der Waals surface area contributed by atoms with Crippen LogP contribution in [0.2, 0.25) is 5.02 Å². The molecule has 17 heavy (non-hydrogen) atoms. The molecule has 0 aliphatic heterocycles. The smallest absolute Gasteiger partial charge is 0.225 e. The first-order chi connectivity index (χ1) is 7.90. The Morgan fingerprint density at radius 3 is 2.71 bits per heavy atom. The second kappa shape index (κ2) is 6.56. The van der Waals surface area contributed by atoms with Crippen molar-refractivity contribution in [2.45, 2.75) is 26.3 Å². The molecule has 3 nitrogen and oxygen atoms in total. The van der Waals surface area contributed by atoms with E-state index in [9.17, 15) is 4.79 Å². The lowest BCUT2D eigenvalue weighted by atomic mass is 10.0. The second-order valence-electron chi connectivity index (χ2n) is 4.28. The van der Waals surface area contributed by atoms with Crippen molar-refractivity contribution in [1.82, 2.24) is 0 Å². The maximum absolute atomic E-state index is 11.7. The Balaban J connectivity index is 2.62. The maximum atomic E-state index is 11.7. The van der Waals surface area contributed by atoms with Gasteiger partial charge in [-0.2, -0.15) is 0 Å². The highest BCUT2D eigenvalue weighted by Crippen LogP contribution is 2.24. The van der Waals surface area contributed by atoms with Crippen LogP contribution in [0.25, 0.3) is 0 Å². The molecule has 0 saturated carbocycles. The summed E-state index contributed by atoms with van der Waals surface area (Å²) in [4.78, 5) is 11.7.